The van der Waals surface area contributed by atoms with E-state index in [1.165, 1.54) is 13.8 Å². The Labute approximate surface area is 131 Å². The Morgan fingerprint density at radius 3 is 1.74 bits per heavy atom. The molecule has 1 rings (SSSR count). The van der Waals surface area contributed by atoms with Gasteiger partial charge in [-0.05, 0) is 25.0 Å². The Balaban J connectivity index is 3.46. The van der Waals surface area contributed by atoms with E-state index >= 15 is 0 Å². The first-order chi connectivity index (χ1) is 10.2. The van der Waals surface area contributed by atoms with Crippen molar-refractivity contribution >= 4 is 17.7 Å². The Kier molecular flexibility index (Phi) is 5.32. The summed E-state index contributed by atoms with van der Waals surface area (Å²) in [5.74, 6) is -1.58. The number of carboxylic acids is 1. The number of benzene rings is 1. The van der Waals surface area contributed by atoms with Gasteiger partial charge in [0.2, 0.25) is 0 Å². The zero-order valence-corrected chi connectivity index (χ0v) is 12.7. The summed E-state index contributed by atoms with van der Waals surface area (Å²) < 4.78 is 77.1. The lowest BCUT2D eigenvalue weighted by atomic mass is 9.90. The molecule has 0 heterocycles. The zero-order valence-electron chi connectivity index (χ0n) is 11.8. The van der Waals surface area contributed by atoms with Crippen LogP contribution in [0.4, 0.5) is 26.3 Å². The number of thioether (sulfide) groups is 1. The monoisotopic (exact) mass is 362 g/mol. The number of hydrogen-bond donors (Lipinski definition) is 2. The highest BCUT2D eigenvalue weighted by Gasteiger charge is 2.71. The van der Waals surface area contributed by atoms with Crippen LogP contribution in [0.25, 0.3) is 0 Å². The SMILES string of the molecule is Cc1cc(C(O)(C(F)(F)F)C(F)(F)F)cc(C)c1SCC(=O)O. The molecule has 0 aliphatic carbocycles. The van der Waals surface area contributed by atoms with Gasteiger partial charge in [0.25, 0.3) is 5.60 Å². The molecule has 0 aliphatic heterocycles. The van der Waals surface area contributed by atoms with Crippen LogP contribution in [0.3, 0.4) is 0 Å². The summed E-state index contributed by atoms with van der Waals surface area (Å²) in [6.45, 7) is 2.49. The average Bonchev–Trinajstić information content (AvgIpc) is 2.33. The van der Waals surface area contributed by atoms with Gasteiger partial charge in [-0.3, -0.25) is 4.79 Å². The zero-order chi connectivity index (χ0) is 18.2. The second-order valence-electron chi connectivity index (χ2n) is 4.83. The van der Waals surface area contributed by atoms with Crippen molar-refractivity contribution in [3.8, 4) is 0 Å². The fourth-order valence-corrected chi connectivity index (χ4v) is 2.85. The summed E-state index contributed by atoms with van der Waals surface area (Å²) in [6, 6.07) is 1.14. The highest BCUT2D eigenvalue weighted by Crippen LogP contribution is 2.50. The van der Waals surface area contributed by atoms with Crippen molar-refractivity contribution < 1.29 is 41.4 Å². The minimum absolute atomic E-state index is 0.0122. The summed E-state index contributed by atoms with van der Waals surface area (Å²) in [6.07, 6.45) is -11.9. The molecule has 1 aromatic rings. The van der Waals surface area contributed by atoms with E-state index in [1.807, 2.05) is 0 Å². The van der Waals surface area contributed by atoms with E-state index in [1.54, 1.807) is 0 Å². The minimum atomic E-state index is -5.96. The molecule has 3 nitrogen and oxygen atoms in total. The molecule has 0 amide bonds. The normalized spacial score (nSPS) is 13.3. The van der Waals surface area contributed by atoms with Crippen LogP contribution in [-0.4, -0.2) is 34.3 Å². The first-order valence-corrected chi connectivity index (χ1v) is 7.02. The van der Waals surface area contributed by atoms with Crippen LogP contribution in [0.15, 0.2) is 17.0 Å². The smallest absolute Gasteiger partial charge is 0.430 e. The average molecular weight is 362 g/mol. The number of aryl methyl sites for hydroxylation is 2. The van der Waals surface area contributed by atoms with Gasteiger partial charge in [0.15, 0.2) is 0 Å². The molecule has 0 aromatic heterocycles. The van der Waals surface area contributed by atoms with Gasteiger partial charge < -0.3 is 10.2 Å². The molecule has 0 aliphatic rings. The number of aliphatic hydroxyl groups is 1. The van der Waals surface area contributed by atoms with E-state index in [2.05, 4.69) is 0 Å². The van der Waals surface area contributed by atoms with E-state index in [0.717, 1.165) is 11.8 Å². The molecule has 0 fully saturated rings. The molecule has 130 valence electrons. The first-order valence-electron chi connectivity index (χ1n) is 6.04. The van der Waals surface area contributed by atoms with Crippen LogP contribution in [0.5, 0.6) is 0 Å². The summed E-state index contributed by atoms with van der Waals surface area (Å²) in [5, 5.41) is 18.0. The molecule has 0 saturated heterocycles. The topological polar surface area (TPSA) is 57.5 Å². The van der Waals surface area contributed by atoms with E-state index in [0.29, 0.717) is 12.1 Å². The molecular weight excluding hydrogens is 350 g/mol. The van der Waals surface area contributed by atoms with Crippen LogP contribution in [0, 0.1) is 13.8 Å². The summed E-state index contributed by atoms with van der Waals surface area (Å²) in [7, 11) is 0. The number of rotatable bonds is 4. The molecule has 0 atom stereocenters. The number of carboxylic acid groups (broad SMARTS) is 1. The minimum Gasteiger partial charge on any atom is -0.481 e. The maximum atomic E-state index is 12.9. The van der Waals surface area contributed by atoms with E-state index < -0.39 is 35.2 Å². The predicted molar refractivity (Wildman–Crippen MR) is 70.3 cm³/mol. The number of hydrogen-bond acceptors (Lipinski definition) is 3. The van der Waals surface area contributed by atoms with Crippen LogP contribution >= 0.6 is 11.8 Å². The number of carbonyl (C=O) groups is 1. The maximum absolute atomic E-state index is 12.9. The number of halogens is 6. The second-order valence-corrected chi connectivity index (χ2v) is 5.81. The lowest BCUT2D eigenvalue weighted by Gasteiger charge is -2.33. The van der Waals surface area contributed by atoms with Gasteiger partial charge in [-0.25, -0.2) is 0 Å². The van der Waals surface area contributed by atoms with Crippen molar-refractivity contribution in [2.45, 2.75) is 36.7 Å². The van der Waals surface area contributed by atoms with E-state index in [4.69, 9.17) is 5.11 Å². The van der Waals surface area contributed by atoms with Crippen molar-refractivity contribution in [3.63, 3.8) is 0 Å². The van der Waals surface area contributed by atoms with Gasteiger partial charge in [0.05, 0.1) is 5.75 Å². The lowest BCUT2D eigenvalue weighted by Crippen LogP contribution is -2.54. The Morgan fingerprint density at radius 2 is 1.43 bits per heavy atom. The standard InChI is InChI=1S/C13H12F6O3S/c1-6-3-8(4-7(2)10(6)23-5-9(20)21)11(22,12(14,15)16)13(17,18)19/h3-4,22H,5H2,1-2H3,(H,20,21). The van der Waals surface area contributed by atoms with Gasteiger partial charge in [-0.2, -0.15) is 26.3 Å². The van der Waals surface area contributed by atoms with Crippen LogP contribution in [-0.2, 0) is 10.4 Å². The van der Waals surface area contributed by atoms with Gasteiger partial charge in [-0.15, -0.1) is 11.8 Å². The van der Waals surface area contributed by atoms with Crippen LogP contribution in [0.2, 0.25) is 0 Å². The third kappa shape index (κ3) is 3.74. The Morgan fingerprint density at radius 1 is 1.04 bits per heavy atom. The van der Waals surface area contributed by atoms with Gasteiger partial charge in [0, 0.05) is 10.5 Å². The van der Waals surface area contributed by atoms with Crippen LogP contribution in [0.1, 0.15) is 16.7 Å². The molecule has 0 saturated carbocycles. The third-order valence-electron chi connectivity index (χ3n) is 3.04. The van der Waals surface area contributed by atoms with Gasteiger partial charge in [0.1, 0.15) is 0 Å². The van der Waals surface area contributed by atoms with Gasteiger partial charge >= 0.3 is 18.3 Å². The summed E-state index contributed by atoms with van der Waals surface area (Å²) >= 11 is 0.772. The Hall–Kier alpha value is -1.42. The van der Waals surface area contributed by atoms with E-state index in [9.17, 15) is 36.2 Å². The highest BCUT2D eigenvalue weighted by molar-refractivity contribution is 8.00. The van der Waals surface area contributed by atoms with Crippen molar-refractivity contribution in [2.75, 3.05) is 5.75 Å². The Bertz CT molecular complexity index is 572. The molecular formula is C13H12F6O3S. The quantitative estimate of drug-likeness (QED) is 0.632. The lowest BCUT2D eigenvalue weighted by molar-refractivity contribution is -0.376. The molecule has 2 N–H and O–H groups in total. The predicted octanol–water partition coefficient (Wildman–Crippen LogP) is 3.79. The van der Waals surface area contributed by atoms with Crippen molar-refractivity contribution in [1.29, 1.82) is 0 Å². The number of aliphatic carboxylic acids is 1. The van der Waals surface area contributed by atoms with Crippen LogP contribution < -0.4 is 0 Å². The van der Waals surface area contributed by atoms with E-state index in [-0.39, 0.29) is 16.0 Å². The van der Waals surface area contributed by atoms with Crippen molar-refractivity contribution in [1.82, 2.24) is 0 Å². The largest absolute Gasteiger partial charge is 0.481 e. The van der Waals surface area contributed by atoms with Gasteiger partial charge in [-0.1, -0.05) is 12.1 Å². The molecule has 0 spiro atoms. The summed E-state index contributed by atoms with van der Waals surface area (Å²) in [5.41, 5.74) is -6.32. The molecule has 10 heteroatoms. The second kappa shape index (κ2) is 6.23. The molecule has 23 heavy (non-hydrogen) atoms. The third-order valence-corrected chi connectivity index (χ3v) is 4.36. The van der Waals surface area contributed by atoms with Crippen molar-refractivity contribution in [3.05, 3.63) is 28.8 Å². The fraction of sp³-hybridized carbons (Fsp3) is 0.462. The maximum Gasteiger partial charge on any atom is 0.430 e. The number of alkyl halides is 6. The summed E-state index contributed by atoms with van der Waals surface area (Å²) in [4.78, 5) is 10.8. The van der Waals surface area contributed by atoms with Crippen molar-refractivity contribution in [2.24, 2.45) is 0 Å². The highest BCUT2D eigenvalue weighted by atomic mass is 32.2. The molecule has 0 unspecified atom stereocenters. The first kappa shape index (κ1) is 19.6. The molecule has 1 aromatic carbocycles. The molecule has 0 bridgehead atoms. The fourth-order valence-electron chi connectivity index (χ4n) is 2.01. The molecule has 0 radical (unpaired) electrons.